The molecule has 0 aliphatic heterocycles. The van der Waals surface area contributed by atoms with Crippen LogP contribution in [-0.4, -0.2) is 26.2 Å². The van der Waals surface area contributed by atoms with E-state index in [1.807, 2.05) is 60.7 Å². The predicted molar refractivity (Wildman–Crippen MR) is 119 cm³/mol. The van der Waals surface area contributed by atoms with Crippen molar-refractivity contribution < 1.29 is 23.7 Å². The van der Waals surface area contributed by atoms with E-state index in [4.69, 9.17) is 18.9 Å². The summed E-state index contributed by atoms with van der Waals surface area (Å²) in [5, 5.41) is 2.87. The monoisotopic (exact) mass is 421 g/mol. The molecule has 0 aliphatic carbocycles. The first-order valence-electron chi connectivity index (χ1n) is 10.0. The van der Waals surface area contributed by atoms with Crippen molar-refractivity contribution in [1.82, 2.24) is 5.32 Å². The number of nitrogens with one attached hydrogen (secondary N) is 1. The van der Waals surface area contributed by atoms with Crippen LogP contribution in [0.5, 0.6) is 23.0 Å². The van der Waals surface area contributed by atoms with E-state index in [0.717, 1.165) is 16.9 Å². The standard InChI is InChI=1S/C25H27NO5/c1-18(25(27)26-16-20-9-14-23(28-2)24(15-20)29-3)31-22-12-10-21(11-13-22)30-17-19-7-5-4-6-8-19/h4-15,18H,16-17H2,1-3H3,(H,26,27). The molecule has 6 heteroatoms. The Morgan fingerprint density at radius 3 is 2.19 bits per heavy atom. The lowest BCUT2D eigenvalue weighted by Gasteiger charge is -2.16. The van der Waals surface area contributed by atoms with Crippen molar-refractivity contribution in [2.75, 3.05) is 14.2 Å². The fourth-order valence-electron chi connectivity index (χ4n) is 2.94. The van der Waals surface area contributed by atoms with Crippen LogP contribution in [0.25, 0.3) is 0 Å². The van der Waals surface area contributed by atoms with E-state index in [2.05, 4.69) is 5.32 Å². The highest BCUT2D eigenvalue weighted by molar-refractivity contribution is 5.80. The summed E-state index contributed by atoms with van der Waals surface area (Å²) in [5.41, 5.74) is 2.00. The molecule has 0 spiro atoms. The zero-order valence-electron chi connectivity index (χ0n) is 18.0. The van der Waals surface area contributed by atoms with Crippen LogP contribution in [0, 0.1) is 0 Å². The number of benzene rings is 3. The summed E-state index contributed by atoms with van der Waals surface area (Å²) in [6, 6.07) is 22.7. The van der Waals surface area contributed by atoms with Crippen LogP contribution in [0.4, 0.5) is 0 Å². The number of rotatable bonds is 10. The highest BCUT2D eigenvalue weighted by atomic mass is 16.5. The van der Waals surface area contributed by atoms with Gasteiger partial charge in [0.25, 0.3) is 5.91 Å². The zero-order chi connectivity index (χ0) is 22.1. The van der Waals surface area contributed by atoms with Crippen molar-refractivity contribution in [2.45, 2.75) is 26.2 Å². The Kier molecular flexibility index (Phi) is 7.76. The second-order valence-corrected chi connectivity index (χ2v) is 6.91. The first-order valence-corrected chi connectivity index (χ1v) is 10.0. The first-order chi connectivity index (χ1) is 15.1. The maximum atomic E-state index is 12.4. The van der Waals surface area contributed by atoms with Crippen molar-refractivity contribution >= 4 is 5.91 Å². The van der Waals surface area contributed by atoms with Crippen molar-refractivity contribution in [2.24, 2.45) is 0 Å². The molecule has 162 valence electrons. The summed E-state index contributed by atoms with van der Waals surface area (Å²) in [5.74, 6) is 2.39. The molecule has 0 aliphatic rings. The number of carbonyl (C=O) groups is 1. The van der Waals surface area contributed by atoms with Crippen molar-refractivity contribution in [3.05, 3.63) is 83.9 Å². The van der Waals surface area contributed by atoms with Gasteiger partial charge in [0.2, 0.25) is 0 Å². The molecule has 6 nitrogen and oxygen atoms in total. The van der Waals surface area contributed by atoms with E-state index in [-0.39, 0.29) is 5.91 Å². The van der Waals surface area contributed by atoms with Gasteiger partial charge in [0.15, 0.2) is 17.6 Å². The Labute approximate surface area is 182 Å². The molecule has 1 amide bonds. The van der Waals surface area contributed by atoms with Gasteiger partial charge >= 0.3 is 0 Å². The number of amides is 1. The summed E-state index contributed by atoms with van der Waals surface area (Å²) in [7, 11) is 3.16. The molecule has 0 heterocycles. The minimum atomic E-state index is -0.642. The Hall–Kier alpha value is -3.67. The molecule has 1 N–H and O–H groups in total. The summed E-state index contributed by atoms with van der Waals surface area (Å²) in [6.07, 6.45) is -0.642. The minimum Gasteiger partial charge on any atom is -0.493 e. The molecule has 3 aromatic rings. The number of ether oxygens (including phenoxy) is 4. The fraction of sp³-hybridized carbons (Fsp3) is 0.240. The van der Waals surface area contributed by atoms with E-state index in [9.17, 15) is 4.79 Å². The maximum Gasteiger partial charge on any atom is 0.261 e. The third-order valence-electron chi connectivity index (χ3n) is 4.67. The third kappa shape index (κ3) is 6.40. The molecular weight excluding hydrogens is 394 g/mol. The predicted octanol–water partition coefficient (Wildman–Crippen LogP) is 4.37. The van der Waals surface area contributed by atoms with E-state index in [0.29, 0.717) is 30.4 Å². The van der Waals surface area contributed by atoms with E-state index >= 15 is 0 Å². The topological polar surface area (TPSA) is 66.0 Å². The van der Waals surface area contributed by atoms with Gasteiger partial charge in [-0.1, -0.05) is 36.4 Å². The number of carbonyl (C=O) groups excluding carboxylic acids is 1. The van der Waals surface area contributed by atoms with Gasteiger partial charge in [-0.2, -0.15) is 0 Å². The summed E-state index contributed by atoms with van der Waals surface area (Å²) in [6.45, 7) is 2.57. The van der Waals surface area contributed by atoms with Crippen molar-refractivity contribution in [3.63, 3.8) is 0 Å². The quantitative estimate of drug-likeness (QED) is 0.527. The molecular formula is C25H27NO5. The van der Waals surface area contributed by atoms with E-state index in [1.165, 1.54) is 0 Å². The fourth-order valence-corrected chi connectivity index (χ4v) is 2.94. The SMILES string of the molecule is COc1ccc(CNC(=O)C(C)Oc2ccc(OCc3ccccc3)cc2)cc1OC. The van der Waals surface area contributed by atoms with Crippen LogP contribution < -0.4 is 24.3 Å². The van der Waals surface area contributed by atoms with Gasteiger partial charge in [-0.05, 0) is 54.4 Å². The lowest BCUT2D eigenvalue weighted by molar-refractivity contribution is -0.127. The van der Waals surface area contributed by atoms with Crippen LogP contribution in [0.2, 0.25) is 0 Å². The Balaban J connectivity index is 1.48. The van der Waals surface area contributed by atoms with Crippen LogP contribution in [0.3, 0.4) is 0 Å². The Bertz CT molecular complexity index is 973. The average molecular weight is 421 g/mol. The Morgan fingerprint density at radius 1 is 0.839 bits per heavy atom. The van der Waals surface area contributed by atoms with Gasteiger partial charge in [-0.15, -0.1) is 0 Å². The van der Waals surface area contributed by atoms with Crippen LogP contribution in [0.15, 0.2) is 72.8 Å². The largest absolute Gasteiger partial charge is 0.493 e. The second-order valence-electron chi connectivity index (χ2n) is 6.91. The molecule has 1 atom stereocenters. The third-order valence-corrected chi connectivity index (χ3v) is 4.67. The molecule has 0 saturated heterocycles. The molecule has 0 aromatic heterocycles. The van der Waals surface area contributed by atoms with Gasteiger partial charge in [0.1, 0.15) is 18.1 Å². The molecule has 3 rings (SSSR count). The maximum absolute atomic E-state index is 12.4. The summed E-state index contributed by atoms with van der Waals surface area (Å²) >= 11 is 0. The number of hydrogen-bond donors (Lipinski definition) is 1. The normalized spacial score (nSPS) is 11.3. The van der Waals surface area contributed by atoms with Gasteiger partial charge in [0.05, 0.1) is 14.2 Å². The van der Waals surface area contributed by atoms with E-state index < -0.39 is 6.10 Å². The second kappa shape index (κ2) is 10.9. The molecule has 31 heavy (non-hydrogen) atoms. The highest BCUT2D eigenvalue weighted by Crippen LogP contribution is 2.27. The molecule has 1 unspecified atom stereocenters. The lowest BCUT2D eigenvalue weighted by atomic mass is 10.2. The molecule has 3 aromatic carbocycles. The van der Waals surface area contributed by atoms with Gasteiger partial charge in [-0.25, -0.2) is 0 Å². The summed E-state index contributed by atoms with van der Waals surface area (Å²) < 4.78 is 22.0. The highest BCUT2D eigenvalue weighted by Gasteiger charge is 2.15. The first kappa shape index (κ1) is 22.0. The number of hydrogen-bond acceptors (Lipinski definition) is 5. The van der Waals surface area contributed by atoms with E-state index in [1.54, 1.807) is 33.3 Å². The van der Waals surface area contributed by atoms with Gasteiger partial charge in [-0.3, -0.25) is 4.79 Å². The van der Waals surface area contributed by atoms with Gasteiger partial charge < -0.3 is 24.3 Å². The van der Waals surface area contributed by atoms with Gasteiger partial charge in [0, 0.05) is 6.54 Å². The van der Waals surface area contributed by atoms with Crippen LogP contribution >= 0.6 is 0 Å². The average Bonchev–Trinajstić information content (AvgIpc) is 2.82. The minimum absolute atomic E-state index is 0.209. The lowest BCUT2D eigenvalue weighted by Crippen LogP contribution is -2.35. The molecule has 0 fully saturated rings. The van der Waals surface area contributed by atoms with Crippen LogP contribution in [-0.2, 0) is 17.9 Å². The van der Waals surface area contributed by atoms with Crippen molar-refractivity contribution in [1.29, 1.82) is 0 Å². The number of methoxy groups -OCH3 is 2. The zero-order valence-corrected chi connectivity index (χ0v) is 18.0. The smallest absolute Gasteiger partial charge is 0.261 e. The molecule has 0 bridgehead atoms. The Morgan fingerprint density at radius 2 is 1.52 bits per heavy atom. The molecule has 0 radical (unpaired) electrons. The van der Waals surface area contributed by atoms with Crippen molar-refractivity contribution in [3.8, 4) is 23.0 Å². The van der Waals surface area contributed by atoms with Crippen LogP contribution in [0.1, 0.15) is 18.1 Å². The summed E-state index contributed by atoms with van der Waals surface area (Å²) in [4.78, 5) is 12.4. The molecule has 0 saturated carbocycles.